The summed E-state index contributed by atoms with van der Waals surface area (Å²) in [6.07, 6.45) is 1.50. The second kappa shape index (κ2) is 8.95. The molecule has 0 aromatic heterocycles. The zero-order valence-electron chi connectivity index (χ0n) is 17.3. The molecule has 0 spiro atoms. The van der Waals surface area contributed by atoms with E-state index in [4.69, 9.17) is 4.74 Å². The second-order valence-corrected chi connectivity index (χ2v) is 7.21. The maximum absolute atomic E-state index is 12.9. The van der Waals surface area contributed by atoms with Crippen molar-refractivity contribution < 1.29 is 24.2 Å². The van der Waals surface area contributed by atoms with E-state index in [9.17, 15) is 19.5 Å². The van der Waals surface area contributed by atoms with Crippen molar-refractivity contribution >= 4 is 23.4 Å². The molecule has 1 atom stereocenters. The van der Waals surface area contributed by atoms with Crippen LogP contribution in [0.15, 0.2) is 54.1 Å². The number of carbonyl (C=O) groups excluding carboxylic acids is 3. The number of amides is 1. The molecule has 156 valence electrons. The molecular weight excluding hydrogens is 382 g/mol. The summed E-state index contributed by atoms with van der Waals surface area (Å²) in [5.41, 5.74) is 2.21. The highest BCUT2D eigenvalue weighted by Crippen LogP contribution is 2.40. The third kappa shape index (κ3) is 4.13. The molecule has 1 N–H and O–H groups in total. The molecule has 6 nitrogen and oxygen atoms in total. The van der Waals surface area contributed by atoms with Gasteiger partial charge in [0, 0.05) is 19.0 Å². The van der Waals surface area contributed by atoms with Gasteiger partial charge in [0.25, 0.3) is 11.7 Å². The minimum absolute atomic E-state index is 0.0395. The Labute approximate surface area is 175 Å². The van der Waals surface area contributed by atoms with Crippen LogP contribution in [0.2, 0.25) is 0 Å². The normalized spacial score (nSPS) is 18.0. The SMILES string of the molecule is CCCN1C(=O)C(=O)/C(=C(\O)c2ccc(CC)cc2)C1c1cccc(OC(C)=O)c1. The number of nitrogens with zero attached hydrogens (tertiary/aromatic N) is 1. The average molecular weight is 407 g/mol. The van der Waals surface area contributed by atoms with Gasteiger partial charge < -0.3 is 14.7 Å². The molecule has 3 rings (SSSR count). The topological polar surface area (TPSA) is 83.9 Å². The van der Waals surface area contributed by atoms with Gasteiger partial charge in [-0.05, 0) is 36.1 Å². The first-order valence-corrected chi connectivity index (χ1v) is 10.0. The van der Waals surface area contributed by atoms with Gasteiger partial charge in [0.15, 0.2) is 0 Å². The van der Waals surface area contributed by atoms with Crippen LogP contribution in [0.1, 0.15) is 49.9 Å². The van der Waals surface area contributed by atoms with Crippen LogP contribution in [-0.2, 0) is 20.8 Å². The average Bonchev–Trinajstić information content (AvgIpc) is 2.98. The number of rotatable bonds is 6. The van der Waals surface area contributed by atoms with E-state index in [2.05, 4.69) is 0 Å². The summed E-state index contributed by atoms with van der Waals surface area (Å²) in [6.45, 7) is 5.60. The summed E-state index contributed by atoms with van der Waals surface area (Å²) < 4.78 is 5.16. The zero-order valence-corrected chi connectivity index (χ0v) is 17.3. The summed E-state index contributed by atoms with van der Waals surface area (Å²) in [5, 5.41) is 11.0. The lowest BCUT2D eigenvalue weighted by molar-refractivity contribution is -0.139. The Morgan fingerprint density at radius 2 is 1.80 bits per heavy atom. The largest absolute Gasteiger partial charge is 0.507 e. The highest BCUT2D eigenvalue weighted by atomic mass is 16.5. The molecule has 1 unspecified atom stereocenters. The Morgan fingerprint density at radius 1 is 1.10 bits per heavy atom. The Balaban J connectivity index is 2.14. The fourth-order valence-corrected chi connectivity index (χ4v) is 3.67. The third-order valence-corrected chi connectivity index (χ3v) is 5.08. The van der Waals surface area contributed by atoms with Gasteiger partial charge in [-0.3, -0.25) is 14.4 Å². The van der Waals surface area contributed by atoms with Crippen LogP contribution >= 0.6 is 0 Å². The van der Waals surface area contributed by atoms with E-state index in [0.717, 1.165) is 12.0 Å². The van der Waals surface area contributed by atoms with Crippen LogP contribution in [0.4, 0.5) is 0 Å². The van der Waals surface area contributed by atoms with E-state index in [-0.39, 0.29) is 11.3 Å². The van der Waals surface area contributed by atoms with Gasteiger partial charge in [0.1, 0.15) is 11.5 Å². The van der Waals surface area contributed by atoms with Crippen molar-refractivity contribution in [3.05, 3.63) is 70.8 Å². The van der Waals surface area contributed by atoms with Crippen molar-refractivity contribution in [3.63, 3.8) is 0 Å². The summed E-state index contributed by atoms with van der Waals surface area (Å²) in [7, 11) is 0. The maximum atomic E-state index is 12.9. The van der Waals surface area contributed by atoms with Crippen LogP contribution in [0.25, 0.3) is 5.76 Å². The number of ketones is 1. The van der Waals surface area contributed by atoms with Crippen molar-refractivity contribution in [2.75, 3.05) is 6.54 Å². The summed E-state index contributed by atoms with van der Waals surface area (Å²) in [4.78, 5) is 38.4. The predicted octanol–water partition coefficient (Wildman–Crippen LogP) is 4.01. The number of aliphatic hydroxyl groups is 1. The van der Waals surface area contributed by atoms with Crippen molar-refractivity contribution in [2.24, 2.45) is 0 Å². The fourth-order valence-electron chi connectivity index (χ4n) is 3.67. The van der Waals surface area contributed by atoms with Gasteiger partial charge in [-0.1, -0.05) is 50.2 Å². The molecule has 1 heterocycles. The number of Topliss-reactive ketones (excluding diaryl/α,β-unsaturated/α-hetero) is 1. The highest BCUT2D eigenvalue weighted by molar-refractivity contribution is 6.46. The minimum Gasteiger partial charge on any atom is -0.507 e. The quantitative estimate of drug-likeness (QED) is 0.257. The van der Waals surface area contributed by atoms with Crippen LogP contribution in [-0.4, -0.2) is 34.2 Å². The van der Waals surface area contributed by atoms with Crippen LogP contribution in [0, 0.1) is 0 Å². The van der Waals surface area contributed by atoms with Crippen molar-refractivity contribution in [2.45, 2.75) is 39.7 Å². The summed E-state index contributed by atoms with van der Waals surface area (Å²) in [6, 6.07) is 13.2. The van der Waals surface area contributed by atoms with Crippen molar-refractivity contribution in [1.82, 2.24) is 4.90 Å². The molecule has 1 aliphatic rings. The molecule has 6 heteroatoms. The number of likely N-dealkylation sites (tertiary alicyclic amines) is 1. The van der Waals surface area contributed by atoms with E-state index < -0.39 is 23.7 Å². The molecule has 2 aromatic carbocycles. The van der Waals surface area contributed by atoms with Gasteiger partial charge in [-0.2, -0.15) is 0 Å². The maximum Gasteiger partial charge on any atom is 0.308 e. The van der Waals surface area contributed by atoms with Crippen LogP contribution < -0.4 is 4.74 Å². The van der Waals surface area contributed by atoms with Crippen LogP contribution in [0.3, 0.4) is 0 Å². The number of aryl methyl sites for hydroxylation is 1. The lowest BCUT2D eigenvalue weighted by Gasteiger charge is -2.25. The van der Waals surface area contributed by atoms with E-state index in [1.54, 1.807) is 36.4 Å². The Morgan fingerprint density at radius 3 is 2.40 bits per heavy atom. The fraction of sp³-hybridized carbons (Fsp3) is 0.292. The first-order valence-electron chi connectivity index (χ1n) is 10.0. The Kier molecular flexibility index (Phi) is 6.35. The van der Waals surface area contributed by atoms with Gasteiger partial charge in [-0.15, -0.1) is 0 Å². The van der Waals surface area contributed by atoms with E-state index in [0.29, 0.717) is 29.8 Å². The predicted molar refractivity (Wildman–Crippen MR) is 113 cm³/mol. The molecule has 0 saturated carbocycles. The number of hydrogen-bond acceptors (Lipinski definition) is 5. The van der Waals surface area contributed by atoms with Crippen molar-refractivity contribution in [1.29, 1.82) is 0 Å². The van der Waals surface area contributed by atoms with Gasteiger partial charge >= 0.3 is 5.97 Å². The highest BCUT2D eigenvalue weighted by Gasteiger charge is 2.45. The third-order valence-electron chi connectivity index (χ3n) is 5.08. The van der Waals surface area contributed by atoms with E-state index in [1.165, 1.54) is 11.8 Å². The van der Waals surface area contributed by atoms with Gasteiger partial charge in [0.05, 0.1) is 11.6 Å². The van der Waals surface area contributed by atoms with E-state index >= 15 is 0 Å². The molecule has 2 aromatic rings. The molecule has 1 amide bonds. The minimum atomic E-state index is -0.758. The molecule has 0 aliphatic carbocycles. The first kappa shape index (κ1) is 21.3. The lowest BCUT2D eigenvalue weighted by Crippen LogP contribution is -2.30. The smallest absolute Gasteiger partial charge is 0.308 e. The molecular formula is C24H25NO5. The number of carbonyl (C=O) groups is 3. The monoisotopic (exact) mass is 407 g/mol. The summed E-state index contributed by atoms with van der Waals surface area (Å²) in [5.74, 6) is -1.73. The Hall–Kier alpha value is -3.41. The number of esters is 1. The second-order valence-electron chi connectivity index (χ2n) is 7.21. The molecule has 1 saturated heterocycles. The number of benzene rings is 2. The molecule has 30 heavy (non-hydrogen) atoms. The zero-order chi connectivity index (χ0) is 21.8. The first-order chi connectivity index (χ1) is 14.4. The van der Waals surface area contributed by atoms with Gasteiger partial charge in [0.2, 0.25) is 0 Å². The van der Waals surface area contributed by atoms with Gasteiger partial charge in [-0.25, -0.2) is 0 Å². The lowest BCUT2D eigenvalue weighted by atomic mass is 9.94. The number of ether oxygens (including phenoxy) is 1. The summed E-state index contributed by atoms with van der Waals surface area (Å²) >= 11 is 0. The number of aliphatic hydroxyl groups excluding tert-OH is 1. The standard InChI is InChI=1S/C24H25NO5/c1-4-13-25-21(18-7-6-8-19(14-18)30-15(3)26)20(23(28)24(25)29)22(27)17-11-9-16(5-2)10-12-17/h6-12,14,21,27H,4-5,13H2,1-3H3/b22-20-. The van der Waals surface area contributed by atoms with Crippen molar-refractivity contribution in [3.8, 4) is 5.75 Å². The molecule has 0 radical (unpaired) electrons. The molecule has 0 bridgehead atoms. The van der Waals surface area contributed by atoms with E-state index in [1.807, 2.05) is 26.0 Å². The number of hydrogen-bond donors (Lipinski definition) is 1. The van der Waals surface area contributed by atoms with Crippen LogP contribution in [0.5, 0.6) is 5.75 Å². The molecule has 1 aliphatic heterocycles. The Bertz CT molecular complexity index is 1010. The molecule has 1 fully saturated rings.